The van der Waals surface area contributed by atoms with Gasteiger partial charge in [0.25, 0.3) is 0 Å². The summed E-state index contributed by atoms with van der Waals surface area (Å²) < 4.78 is 19.0. The minimum Gasteiger partial charge on any atom is -0.490 e. The maximum absolute atomic E-state index is 13.7. The molecule has 3 heteroatoms. The largest absolute Gasteiger partial charge is 0.490 e. The van der Waals surface area contributed by atoms with Gasteiger partial charge >= 0.3 is 0 Å². The molecule has 0 amide bonds. The molecule has 0 atom stereocenters. The Kier molecular flexibility index (Phi) is 4.29. The molecule has 0 bridgehead atoms. The maximum atomic E-state index is 13.7. The standard InChI is InChI=1S/C16H15FO2/c1-12(18)14-7-8-16(15(17)11-14)19-10-9-13-5-3-2-4-6-13/h2-8,11H,9-10H2,1H3. The molecule has 0 radical (unpaired) electrons. The summed E-state index contributed by atoms with van der Waals surface area (Å²) >= 11 is 0. The molecule has 0 aliphatic heterocycles. The van der Waals surface area contributed by atoms with Gasteiger partial charge in [-0.05, 0) is 30.7 Å². The van der Waals surface area contributed by atoms with Gasteiger partial charge in [0.2, 0.25) is 0 Å². The van der Waals surface area contributed by atoms with Crippen molar-refractivity contribution in [2.24, 2.45) is 0 Å². The van der Waals surface area contributed by atoms with Gasteiger partial charge in [-0.3, -0.25) is 4.79 Å². The summed E-state index contributed by atoms with van der Waals surface area (Å²) in [7, 11) is 0. The van der Waals surface area contributed by atoms with Gasteiger partial charge in [-0.25, -0.2) is 4.39 Å². The molecule has 98 valence electrons. The van der Waals surface area contributed by atoms with Crippen LogP contribution in [0.3, 0.4) is 0 Å². The molecule has 0 aromatic heterocycles. The van der Waals surface area contributed by atoms with Crippen LogP contribution < -0.4 is 4.74 Å². The molecule has 0 aliphatic rings. The average molecular weight is 258 g/mol. The van der Waals surface area contributed by atoms with Crippen LogP contribution in [0.4, 0.5) is 4.39 Å². The lowest BCUT2D eigenvalue weighted by Crippen LogP contribution is -2.03. The van der Waals surface area contributed by atoms with E-state index in [1.165, 1.54) is 19.1 Å². The van der Waals surface area contributed by atoms with Crippen molar-refractivity contribution in [3.05, 3.63) is 65.5 Å². The van der Waals surface area contributed by atoms with E-state index in [0.717, 1.165) is 12.0 Å². The minimum absolute atomic E-state index is 0.158. The van der Waals surface area contributed by atoms with Gasteiger partial charge in [0.1, 0.15) is 0 Å². The van der Waals surface area contributed by atoms with E-state index in [2.05, 4.69) is 0 Å². The summed E-state index contributed by atoms with van der Waals surface area (Å²) in [5, 5.41) is 0. The van der Waals surface area contributed by atoms with Gasteiger partial charge < -0.3 is 4.74 Å². The first-order valence-electron chi connectivity index (χ1n) is 6.14. The average Bonchev–Trinajstić information content (AvgIpc) is 2.41. The third-order valence-electron chi connectivity index (χ3n) is 2.83. The number of Topliss-reactive ketones (excluding diaryl/α,β-unsaturated/α-hetero) is 1. The first kappa shape index (κ1) is 13.3. The van der Waals surface area contributed by atoms with Crippen molar-refractivity contribution in [1.82, 2.24) is 0 Å². The fraction of sp³-hybridized carbons (Fsp3) is 0.188. The molecule has 19 heavy (non-hydrogen) atoms. The van der Waals surface area contributed by atoms with Gasteiger partial charge in [-0.15, -0.1) is 0 Å². The zero-order valence-corrected chi connectivity index (χ0v) is 10.7. The number of carbonyl (C=O) groups is 1. The summed E-state index contributed by atoms with van der Waals surface area (Å²) in [5.74, 6) is -0.476. The molecular formula is C16H15FO2. The number of halogens is 1. The Morgan fingerprint density at radius 2 is 1.89 bits per heavy atom. The fourth-order valence-electron chi connectivity index (χ4n) is 1.76. The van der Waals surface area contributed by atoms with E-state index < -0.39 is 5.82 Å². The molecule has 0 fully saturated rings. The highest BCUT2D eigenvalue weighted by atomic mass is 19.1. The molecule has 2 aromatic rings. The van der Waals surface area contributed by atoms with Crippen molar-refractivity contribution in [2.45, 2.75) is 13.3 Å². The lowest BCUT2D eigenvalue weighted by atomic mass is 10.1. The Morgan fingerprint density at radius 3 is 2.53 bits per heavy atom. The summed E-state index contributed by atoms with van der Waals surface area (Å²) in [6.07, 6.45) is 0.717. The number of rotatable bonds is 5. The van der Waals surface area contributed by atoms with Crippen molar-refractivity contribution < 1.29 is 13.9 Å². The smallest absolute Gasteiger partial charge is 0.165 e. The SMILES string of the molecule is CC(=O)c1ccc(OCCc2ccccc2)c(F)c1. The lowest BCUT2D eigenvalue weighted by molar-refractivity contribution is 0.101. The number of ketones is 1. The summed E-state index contributed by atoms with van der Waals surface area (Å²) in [6, 6.07) is 14.1. The van der Waals surface area contributed by atoms with Gasteiger partial charge in [-0.1, -0.05) is 30.3 Å². The molecular weight excluding hydrogens is 243 g/mol. The first-order chi connectivity index (χ1) is 9.16. The number of carbonyl (C=O) groups excluding carboxylic acids is 1. The van der Waals surface area contributed by atoms with Crippen LogP contribution in [0.2, 0.25) is 0 Å². The zero-order valence-electron chi connectivity index (χ0n) is 10.7. The van der Waals surface area contributed by atoms with Crippen molar-refractivity contribution in [1.29, 1.82) is 0 Å². The third kappa shape index (κ3) is 3.65. The van der Waals surface area contributed by atoms with Gasteiger partial charge in [0.05, 0.1) is 6.61 Å². The maximum Gasteiger partial charge on any atom is 0.165 e. The predicted molar refractivity (Wildman–Crippen MR) is 72.0 cm³/mol. The number of ether oxygens (including phenoxy) is 1. The molecule has 0 saturated heterocycles. The number of hydrogen-bond acceptors (Lipinski definition) is 2. The lowest BCUT2D eigenvalue weighted by Gasteiger charge is -2.08. The molecule has 0 aliphatic carbocycles. The van der Waals surface area contributed by atoms with Crippen molar-refractivity contribution in [3.63, 3.8) is 0 Å². The molecule has 0 unspecified atom stereocenters. The second-order valence-electron chi connectivity index (χ2n) is 4.29. The summed E-state index contributed by atoms with van der Waals surface area (Å²) in [4.78, 5) is 11.1. The molecule has 2 aromatic carbocycles. The van der Waals surface area contributed by atoms with Crippen LogP contribution in [0.25, 0.3) is 0 Å². The molecule has 2 nitrogen and oxygen atoms in total. The summed E-state index contributed by atoms with van der Waals surface area (Å²) in [5.41, 5.74) is 1.50. The monoisotopic (exact) mass is 258 g/mol. The Balaban J connectivity index is 1.95. The molecule has 2 rings (SSSR count). The van der Waals surface area contributed by atoms with E-state index in [9.17, 15) is 9.18 Å². The van der Waals surface area contributed by atoms with Crippen LogP contribution in [0.1, 0.15) is 22.8 Å². The third-order valence-corrected chi connectivity index (χ3v) is 2.83. The second kappa shape index (κ2) is 6.14. The van der Waals surface area contributed by atoms with E-state index in [0.29, 0.717) is 12.2 Å². The van der Waals surface area contributed by atoms with Crippen LogP contribution in [0.5, 0.6) is 5.75 Å². The molecule has 0 heterocycles. The van der Waals surface area contributed by atoms with E-state index in [1.54, 1.807) is 6.07 Å². The fourth-order valence-corrected chi connectivity index (χ4v) is 1.76. The van der Waals surface area contributed by atoms with E-state index in [4.69, 9.17) is 4.74 Å². The Hall–Kier alpha value is -2.16. The predicted octanol–water partition coefficient (Wildman–Crippen LogP) is 3.65. The van der Waals surface area contributed by atoms with Crippen LogP contribution >= 0.6 is 0 Å². The summed E-state index contributed by atoms with van der Waals surface area (Å²) in [6.45, 7) is 1.81. The zero-order chi connectivity index (χ0) is 13.7. The topological polar surface area (TPSA) is 26.3 Å². The van der Waals surface area contributed by atoms with Crippen LogP contribution in [0.15, 0.2) is 48.5 Å². The van der Waals surface area contributed by atoms with Crippen molar-refractivity contribution >= 4 is 5.78 Å². The molecule has 0 N–H and O–H groups in total. The second-order valence-corrected chi connectivity index (χ2v) is 4.29. The number of benzene rings is 2. The number of hydrogen-bond donors (Lipinski definition) is 0. The van der Waals surface area contributed by atoms with Crippen LogP contribution in [-0.2, 0) is 6.42 Å². The van der Waals surface area contributed by atoms with Crippen LogP contribution in [0, 0.1) is 5.82 Å². The van der Waals surface area contributed by atoms with E-state index in [-0.39, 0.29) is 11.5 Å². The normalized spacial score (nSPS) is 10.2. The Morgan fingerprint density at radius 1 is 1.16 bits per heavy atom. The Labute approximate surface area is 111 Å². The van der Waals surface area contributed by atoms with E-state index >= 15 is 0 Å². The van der Waals surface area contributed by atoms with Gasteiger partial charge in [-0.2, -0.15) is 0 Å². The van der Waals surface area contributed by atoms with Gasteiger partial charge in [0, 0.05) is 12.0 Å². The molecule has 0 saturated carbocycles. The quantitative estimate of drug-likeness (QED) is 0.765. The molecule has 0 spiro atoms. The van der Waals surface area contributed by atoms with Gasteiger partial charge in [0.15, 0.2) is 17.3 Å². The first-order valence-corrected chi connectivity index (χ1v) is 6.14. The minimum atomic E-state index is -0.499. The highest BCUT2D eigenvalue weighted by molar-refractivity contribution is 5.94. The van der Waals surface area contributed by atoms with E-state index in [1.807, 2.05) is 30.3 Å². The van der Waals surface area contributed by atoms with Crippen molar-refractivity contribution in [2.75, 3.05) is 6.61 Å². The Bertz CT molecular complexity index is 564. The van der Waals surface area contributed by atoms with Crippen molar-refractivity contribution in [3.8, 4) is 5.75 Å². The highest BCUT2D eigenvalue weighted by Crippen LogP contribution is 2.19. The van der Waals surface area contributed by atoms with Crippen LogP contribution in [-0.4, -0.2) is 12.4 Å². The highest BCUT2D eigenvalue weighted by Gasteiger charge is 2.07.